The summed E-state index contributed by atoms with van der Waals surface area (Å²) >= 11 is 1.28. The van der Waals surface area contributed by atoms with E-state index in [4.69, 9.17) is 14.6 Å². The number of carboxylic acid groups (broad SMARTS) is 1. The molecule has 0 unspecified atom stereocenters. The monoisotopic (exact) mass is 350 g/mol. The zero-order chi connectivity index (χ0) is 17.5. The molecule has 0 aliphatic rings. The summed E-state index contributed by atoms with van der Waals surface area (Å²) in [6.07, 6.45) is -0.0126. The van der Waals surface area contributed by atoms with Crippen molar-refractivity contribution < 1.29 is 24.2 Å². The van der Waals surface area contributed by atoms with E-state index in [2.05, 4.69) is 10.3 Å². The third-order valence-corrected chi connectivity index (χ3v) is 4.08. The Balaban J connectivity index is 1.89. The maximum Gasteiger partial charge on any atom is 0.309 e. The average Bonchev–Trinajstić information content (AvgIpc) is 2.98. The van der Waals surface area contributed by atoms with Gasteiger partial charge in [-0.05, 0) is 17.7 Å². The van der Waals surface area contributed by atoms with Gasteiger partial charge in [-0.15, -0.1) is 11.3 Å². The van der Waals surface area contributed by atoms with Gasteiger partial charge in [-0.3, -0.25) is 9.59 Å². The number of methoxy groups -OCH3 is 2. The summed E-state index contributed by atoms with van der Waals surface area (Å²) < 4.78 is 10.4. The molecule has 0 bridgehead atoms. The summed E-state index contributed by atoms with van der Waals surface area (Å²) in [6.45, 7) is 0.354. The maximum absolute atomic E-state index is 12.0. The number of carbonyl (C=O) groups is 2. The molecule has 0 radical (unpaired) electrons. The molecule has 0 spiro atoms. The first-order valence-corrected chi connectivity index (χ1v) is 8.02. The zero-order valence-electron chi connectivity index (χ0n) is 13.4. The number of aromatic nitrogens is 1. The Morgan fingerprint density at radius 3 is 2.62 bits per heavy atom. The minimum Gasteiger partial charge on any atom is -0.493 e. The molecule has 0 saturated carbocycles. The van der Waals surface area contributed by atoms with Crippen LogP contribution in [-0.4, -0.2) is 36.2 Å². The van der Waals surface area contributed by atoms with E-state index in [1.54, 1.807) is 31.7 Å². The first-order valence-electron chi connectivity index (χ1n) is 7.14. The highest BCUT2D eigenvalue weighted by Gasteiger charge is 2.11. The first kappa shape index (κ1) is 17.7. The van der Waals surface area contributed by atoms with Crippen molar-refractivity contribution in [2.75, 3.05) is 14.2 Å². The van der Waals surface area contributed by atoms with Crippen LogP contribution in [0.5, 0.6) is 11.5 Å². The molecule has 128 valence electrons. The summed E-state index contributed by atoms with van der Waals surface area (Å²) in [5.74, 6) is 0.106. The second-order valence-corrected chi connectivity index (χ2v) is 5.89. The van der Waals surface area contributed by atoms with E-state index in [1.807, 2.05) is 6.07 Å². The van der Waals surface area contributed by atoms with Crippen molar-refractivity contribution >= 4 is 23.2 Å². The number of rotatable bonds is 8. The van der Waals surface area contributed by atoms with Crippen molar-refractivity contribution in [1.29, 1.82) is 0 Å². The van der Waals surface area contributed by atoms with Crippen molar-refractivity contribution in [2.45, 2.75) is 19.4 Å². The fourth-order valence-corrected chi connectivity index (χ4v) is 2.85. The van der Waals surface area contributed by atoms with Crippen LogP contribution in [0.4, 0.5) is 0 Å². The molecule has 1 amide bonds. The molecule has 24 heavy (non-hydrogen) atoms. The molecule has 0 atom stereocenters. The van der Waals surface area contributed by atoms with Crippen LogP contribution in [0.15, 0.2) is 23.6 Å². The Morgan fingerprint density at radius 1 is 1.21 bits per heavy atom. The fraction of sp³-hybridized carbons (Fsp3) is 0.312. The van der Waals surface area contributed by atoms with E-state index in [-0.39, 0.29) is 18.7 Å². The Kier molecular flexibility index (Phi) is 6.14. The standard InChI is InChI=1S/C16H18N2O5S/c1-22-12-4-3-10(5-13(12)23-2)8-17-14(19)7-15-18-11(9-24-15)6-16(20)21/h3-5,9H,6-8H2,1-2H3,(H,17,19)(H,20,21). The molecule has 8 heteroatoms. The van der Waals surface area contributed by atoms with E-state index in [0.29, 0.717) is 28.7 Å². The van der Waals surface area contributed by atoms with Crippen molar-refractivity contribution in [1.82, 2.24) is 10.3 Å². The lowest BCUT2D eigenvalue weighted by Gasteiger charge is -2.10. The van der Waals surface area contributed by atoms with Crippen molar-refractivity contribution in [3.05, 3.63) is 39.8 Å². The van der Waals surface area contributed by atoms with E-state index >= 15 is 0 Å². The number of thiazole rings is 1. The van der Waals surface area contributed by atoms with Crippen LogP contribution in [0.25, 0.3) is 0 Å². The molecule has 1 heterocycles. The van der Waals surface area contributed by atoms with Crippen LogP contribution < -0.4 is 14.8 Å². The van der Waals surface area contributed by atoms with Gasteiger partial charge < -0.3 is 19.9 Å². The highest BCUT2D eigenvalue weighted by molar-refractivity contribution is 7.09. The highest BCUT2D eigenvalue weighted by Crippen LogP contribution is 2.27. The average molecular weight is 350 g/mol. The normalized spacial score (nSPS) is 10.2. The lowest BCUT2D eigenvalue weighted by molar-refractivity contribution is -0.136. The molecule has 2 aromatic rings. The molecule has 0 aliphatic heterocycles. The minimum atomic E-state index is -0.940. The van der Waals surface area contributed by atoms with Gasteiger partial charge in [0.1, 0.15) is 5.01 Å². The quantitative estimate of drug-likeness (QED) is 0.751. The second kappa shape index (κ2) is 8.30. The van der Waals surface area contributed by atoms with Gasteiger partial charge in [0.05, 0.1) is 32.8 Å². The zero-order valence-corrected chi connectivity index (χ0v) is 14.2. The third kappa shape index (κ3) is 4.95. The lowest BCUT2D eigenvalue weighted by atomic mass is 10.2. The predicted molar refractivity (Wildman–Crippen MR) is 88.6 cm³/mol. The van der Waals surface area contributed by atoms with Crippen LogP contribution in [0, 0.1) is 0 Å². The summed E-state index contributed by atoms with van der Waals surface area (Å²) in [7, 11) is 3.11. The molecule has 0 saturated heterocycles. The number of aliphatic carboxylic acids is 1. The summed E-state index contributed by atoms with van der Waals surface area (Å²) in [6, 6.07) is 5.42. The summed E-state index contributed by atoms with van der Waals surface area (Å²) in [5, 5.41) is 13.8. The fourth-order valence-electron chi connectivity index (χ4n) is 2.06. The molecular formula is C16H18N2O5S. The highest BCUT2D eigenvalue weighted by atomic mass is 32.1. The lowest BCUT2D eigenvalue weighted by Crippen LogP contribution is -2.24. The van der Waals surface area contributed by atoms with Gasteiger partial charge in [0, 0.05) is 11.9 Å². The summed E-state index contributed by atoms with van der Waals surface area (Å²) in [4.78, 5) is 26.7. The van der Waals surface area contributed by atoms with E-state index in [9.17, 15) is 9.59 Å². The Morgan fingerprint density at radius 2 is 1.96 bits per heavy atom. The van der Waals surface area contributed by atoms with E-state index in [0.717, 1.165) is 5.56 Å². The van der Waals surface area contributed by atoms with E-state index in [1.165, 1.54) is 11.3 Å². The second-order valence-electron chi connectivity index (χ2n) is 4.95. The molecule has 0 fully saturated rings. The number of carboxylic acids is 1. The number of ether oxygens (including phenoxy) is 2. The molecule has 1 aromatic carbocycles. The number of hydrogen-bond acceptors (Lipinski definition) is 6. The van der Waals surface area contributed by atoms with Crippen LogP contribution in [-0.2, 0) is 29.0 Å². The largest absolute Gasteiger partial charge is 0.493 e. The van der Waals surface area contributed by atoms with Gasteiger partial charge in [-0.1, -0.05) is 6.07 Å². The van der Waals surface area contributed by atoms with Crippen LogP contribution in [0.2, 0.25) is 0 Å². The summed E-state index contributed by atoms with van der Waals surface area (Å²) in [5.41, 5.74) is 1.35. The number of amides is 1. The maximum atomic E-state index is 12.0. The number of benzene rings is 1. The predicted octanol–water partition coefficient (Wildman–Crippen LogP) is 1.65. The number of nitrogens with one attached hydrogen (secondary N) is 1. The number of carbonyl (C=O) groups excluding carboxylic acids is 1. The van der Waals surface area contributed by atoms with Crippen molar-refractivity contribution in [3.8, 4) is 11.5 Å². The van der Waals surface area contributed by atoms with Crippen molar-refractivity contribution in [3.63, 3.8) is 0 Å². The Labute approximate surface area is 143 Å². The molecule has 1 aromatic heterocycles. The number of hydrogen-bond donors (Lipinski definition) is 2. The van der Waals surface area contributed by atoms with Gasteiger partial charge in [0.15, 0.2) is 11.5 Å². The molecule has 7 nitrogen and oxygen atoms in total. The van der Waals surface area contributed by atoms with Gasteiger partial charge in [-0.2, -0.15) is 0 Å². The van der Waals surface area contributed by atoms with E-state index < -0.39 is 5.97 Å². The smallest absolute Gasteiger partial charge is 0.309 e. The van der Waals surface area contributed by atoms with Crippen molar-refractivity contribution in [2.24, 2.45) is 0 Å². The first-order chi connectivity index (χ1) is 11.5. The molecule has 2 N–H and O–H groups in total. The van der Waals surface area contributed by atoms with Crippen LogP contribution >= 0.6 is 11.3 Å². The van der Waals surface area contributed by atoms with Crippen LogP contribution in [0.1, 0.15) is 16.3 Å². The SMILES string of the molecule is COc1ccc(CNC(=O)Cc2nc(CC(=O)O)cs2)cc1OC. The molecular weight excluding hydrogens is 332 g/mol. The Hall–Kier alpha value is -2.61. The molecule has 2 rings (SSSR count). The van der Waals surface area contributed by atoms with Crippen LogP contribution in [0.3, 0.4) is 0 Å². The number of nitrogens with zero attached hydrogens (tertiary/aromatic N) is 1. The Bertz CT molecular complexity index is 729. The van der Waals surface area contributed by atoms with Gasteiger partial charge in [0.2, 0.25) is 5.91 Å². The van der Waals surface area contributed by atoms with Gasteiger partial charge >= 0.3 is 5.97 Å². The minimum absolute atomic E-state index is 0.123. The topological polar surface area (TPSA) is 97.8 Å². The van der Waals surface area contributed by atoms with Gasteiger partial charge in [0.25, 0.3) is 0 Å². The molecule has 0 aliphatic carbocycles. The third-order valence-electron chi connectivity index (χ3n) is 3.18. The van der Waals surface area contributed by atoms with Gasteiger partial charge in [-0.25, -0.2) is 4.98 Å².